The lowest BCUT2D eigenvalue weighted by molar-refractivity contribution is -0.384. The smallest absolute Gasteiger partial charge is 0.269 e. The number of halogens is 1. The van der Waals surface area contributed by atoms with Gasteiger partial charge in [-0.05, 0) is 35.9 Å². The number of fused-ring (bicyclic) bond motifs is 1. The summed E-state index contributed by atoms with van der Waals surface area (Å²) in [6.07, 6.45) is 1.61. The van der Waals surface area contributed by atoms with Gasteiger partial charge in [-0.3, -0.25) is 15.5 Å². The second-order valence-electron chi connectivity index (χ2n) is 5.62. The molecular weight excluding hydrogens is 448 g/mol. The van der Waals surface area contributed by atoms with Crippen LogP contribution >= 0.6 is 28.7 Å². The van der Waals surface area contributed by atoms with Gasteiger partial charge in [0.1, 0.15) is 13.2 Å². The molecule has 1 N–H and O–H groups in total. The second-order valence-corrected chi connectivity index (χ2v) is 6.46. The molecule has 2 heterocycles. The van der Waals surface area contributed by atoms with Crippen LogP contribution in [-0.2, 0) is 0 Å². The fourth-order valence-electron chi connectivity index (χ4n) is 2.49. The van der Waals surface area contributed by atoms with Crippen LogP contribution in [0.3, 0.4) is 0 Å². The Labute approximate surface area is 175 Å². The summed E-state index contributed by atoms with van der Waals surface area (Å²) in [6, 6.07) is 11.9. The monoisotopic (exact) mass is 462 g/mol. The minimum atomic E-state index is -0.434. The van der Waals surface area contributed by atoms with Crippen molar-refractivity contribution >= 4 is 51.5 Å². The topological polar surface area (TPSA) is 98.4 Å². The van der Waals surface area contributed by atoms with E-state index in [0.717, 1.165) is 28.3 Å². The van der Waals surface area contributed by atoms with Crippen LogP contribution in [0.1, 0.15) is 11.1 Å². The number of aliphatic imine (C=N–C) groups is 1. The molecule has 144 valence electrons. The lowest BCUT2D eigenvalue weighted by Gasteiger charge is -2.20. The number of ether oxygens (including phenoxy) is 2. The van der Waals surface area contributed by atoms with Crippen molar-refractivity contribution < 1.29 is 14.4 Å². The quantitative estimate of drug-likeness (QED) is 0.420. The Morgan fingerprint density at radius 2 is 1.89 bits per heavy atom. The van der Waals surface area contributed by atoms with Crippen molar-refractivity contribution in [3.8, 4) is 11.5 Å². The first kappa shape index (κ1) is 19.9. The molecule has 2 aromatic carbocycles. The van der Waals surface area contributed by atoms with E-state index in [-0.39, 0.29) is 22.7 Å². The molecule has 0 bridgehead atoms. The van der Waals surface area contributed by atoms with Crippen molar-refractivity contribution in [1.82, 2.24) is 5.43 Å². The first-order valence-electron chi connectivity index (χ1n) is 8.08. The van der Waals surface area contributed by atoms with Crippen LogP contribution in [0.25, 0.3) is 5.70 Å². The molecule has 0 radical (unpaired) electrons. The molecule has 0 aliphatic carbocycles. The first-order chi connectivity index (χ1) is 13.2. The molecule has 2 aliphatic rings. The molecule has 4 rings (SSSR count). The Balaban J connectivity index is 0.00000225. The molecule has 2 aromatic rings. The second kappa shape index (κ2) is 8.89. The molecule has 0 spiro atoms. The number of nitrogens with zero attached hydrogens (tertiary/aromatic N) is 3. The van der Waals surface area contributed by atoms with Crippen LogP contribution in [0, 0.1) is 10.1 Å². The normalized spacial score (nSPS) is 15.1. The van der Waals surface area contributed by atoms with Gasteiger partial charge >= 0.3 is 0 Å². The van der Waals surface area contributed by atoms with E-state index < -0.39 is 4.92 Å². The van der Waals surface area contributed by atoms with Crippen molar-refractivity contribution in [2.75, 3.05) is 13.2 Å². The molecule has 8 nitrogen and oxygen atoms in total. The highest BCUT2D eigenvalue weighted by atomic mass is 79.9. The number of amidine groups is 1. The van der Waals surface area contributed by atoms with E-state index >= 15 is 0 Å². The van der Waals surface area contributed by atoms with Crippen LogP contribution in [0.15, 0.2) is 58.0 Å². The Morgan fingerprint density at radius 1 is 1.14 bits per heavy atom. The predicted octanol–water partition coefficient (Wildman–Crippen LogP) is 3.97. The summed E-state index contributed by atoms with van der Waals surface area (Å²) >= 11 is 1.38. The van der Waals surface area contributed by atoms with Gasteiger partial charge in [0.25, 0.3) is 5.69 Å². The standard InChI is InChI=1S/C18H14N4O4S.BrH/c23-22(24)14-4-1-12(2-5-14)10-19-18-21-20-15(11-27-18)13-3-6-16-17(9-13)26-8-7-25-16;/h1-6,9-11,20H,7-8H2;1H/b19-10+;. The molecule has 0 saturated carbocycles. The largest absolute Gasteiger partial charge is 0.486 e. The molecule has 0 unspecified atom stereocenters. The maximum absolute atomic E-state index is 10.7. The fourth-order valence-corrected chi connectivity index (χ4v) is 3.11. The molecule has 0 fully saturated rings. The SMILES string of the molecule is Br.O=[N+]([O-])c1ccc(/C=N/C2=NNC(c3ccc4c(c3)OCCO4)=CS2)cc1. The van der Waals surface area contributed by atoms with Crippen molar-refractivity contribution in [1.29, 1.82) is 0 Å². The van der Waals surface area contributed by atoms with E-state index in [9.17, 15) is 10.1 Å². The summed E-state index contributed by atoms with van der Waals surface area (Å²) in [4.78, 5) is 14.5. The van der Waals surface area contributed by atoms with E-state index in [1.165, 1.54) is 23.9 Å². The Bertz CT molecular complexity index is 976. The van der Waals surface area contributed by atoms with E-state index in [1.54, 1.807) is 18.3 Å². The van der Waals surface area contributed by atoms with E-state index in [2.05, 4.69) is 15.5 Å². The van der Waals surface area contributed by atoms with Gasteiger partial charge in [0, 0.05) is 29.3 Å². The average Bonchev–Trinajstić information content (AvgIpc) is 2.72. The minimum absolute atomic E-state index is 0. The third kappa shape index (κ3) is 4.52. The maximum atomic E-state index is 10.7. The van der Waals surface area contributed by atoms with Gasteiger partial charge in [0.15, 0.2) is 11.5 Å². The number of rotatable bonds is 3. The maximum Gasteiger partial charge on any atom is 0.269 e. The van der Waals surface area contributed by atoms with Crippen LogP contribution in [-0.4, -0.2) is 29.5 Å². The van der Waals surface area contributed by atoms with Gasteiger partial charge < -0.3 is 9.47 Å². The number of hydrogen-bond acceptors (Lipinski definition) is 8. The molecule has 0 amide bonds. The summed E-state index contributed by atoms with van der Waals surface area (Å²) in [6.45, 7) is 1.10. The molecule has 0 saturated heterocycles. The fraction of sp³-hybridized carbons (Fsp3) is 0.111. The lowest BCUT2D eigenvalue weighted by atomic mass is 10.1. The van der Waals surface area contributed by atoms with E-state index in [0.29, 0.717) is 18.4 Å². The van der Waals surface area contributed by atoms with Gasteiger partial charge in [-0.25, -0.2) is 4.99 Å². The highest BCUT2D eigenvalue weighted by Crippen LogP contribution is 2.33. The van der Waals surface area contributed by atoms with Crippen LogP contribution in [0.2, 0.25) is 0 Å². The highest BCUT2D eigenvalue weighted by molar-refractivity contribution is 8.93. The number of hydrogen-bond donors (Lipinski definition) is 1. The Morgan fingerprint density at radius 3 is 2.57 bits per heavy atom. The molecule has 0 aromatic heterocycles. The van der Waals surface area contributed by atoms with Crippen molar-refractivity contribution in [2.45, 2.75) is 0 Å². The molecule has 28 heavy (non-hydrogen) atoms. The third-order valence-corrected chi connectivity index (χ3v) is 4.60. The minimum Gasteiger partial charge on any atom is -0.486 e. The van der Waals surface area contributed by atoms with Crippen molar-refractivity contribution in [2.24, 2.45) is 10.1 Å². The van der Waals surface area contributed by atoms with Gasteiger partial charge in [-0.15, -0.1) is 22.1 Å². The zero-order chi connectivity index (χ0) is 18.6. The number of nitrogens with one attached hydrogen (secondary N) is 1. The van der Waals surface area contributed by atoms with Gasteiger partial charge in [-0.1, -0.05) is 11.8 Å². The Hall–Kier alpha value is -2.85. The number of benzene rings is 2. The number of hydrazone groups is 1. The number of nitro benzene ring substituents is 1. The summed E-state index contributed by atoms with van der Waals surface area (Å²) in [7, 11) is 0. The average molecular weight is 463 g/mol. The highest BCUT2D eigenvalue weighted by Gasteiger charge is 2.15. The summed E-state index contributed by atoms with van der Waals surface area (Å²) < 4.78 is 11.1. The molecular formula is C18H15BrN4O4S. The van der Waals surface area contributed by atoms with Gasteiger partial charge in [0.2, 0.25) is 5.17 Å². The summed E-state index contributed by atoms with van der Waals surface area (Å²) in [5.74, 6) is 1.46. The van der Waals surface area contributed by atoms with E-state index in [4.69, 9.17) is 9.47 Å². The van der Waals surface area contributed by atoms with E-state index in [1.807, 2.05) is 23.6 Å². The lowest BCUT2D eigenvalue weighted by Crippen LogP contribution is -2.16. The zero-order valence-corrected chi connectivity index (χ0v) is 16.9. The molecule has 10 heteroatoms. The van der Waals surface area contributed by atoms with Crippen molar-refractivity contribution in [3.05, 3.63) is 69.1 Å². The van der Waals surface area contributed by atoms with Gasteiger partial charge in [-0.2, -0.15) is 0 Å². The third-order valence-electron chi connectivity index (χ3n) is 3.84. The number of thioether (sulfide) groups is 1. The van der Waals surface area contributed by atoms with Crippen LogP contribution < -0.4 is 14.9 Å². The summed E-state index contributed by atoms with van der Waals surface area (Å²) in [5, 5.41) is 17.4. The van der Waals surface area contributed by atoms with Crippen molar-refractivity contribution in [3.63, 3.8) is 0 Å². The zero-order valence-electron chi connectivity index (χ0n) is 14.4. The van der Waals surface area contributed by atoms with Gasteiger partial charge in [0.05, 0.1) is 10.6 Å². The van der Waals surface area contributed by atoms with Crippen LogP contribution in [0.5, 0.6) is 11.5 Å². The Kier molecular flexibility index (Phi) is 6.32. The first-order valence-corrected chi connectivity index (χ1v) is 8.96. The summed E-state index contributed by atoms with van der Waals surface area (Å²) in [5.41, 5.74) is 5.56. The number of non-ortho nitro benzene ring substituents is 1. The molecule has 0 atom stereocenters. The predicted molar refractivity (Wildman–Crippen MR) is 115 cm³/mol. The molecule has 2 aliphatic heterocycles. The number of nitro groups is 1. The van der Waals surface area contributed by atoms with Crippen LogP contribution in [0.4, 0.5) is 5.69 Å².